The average molecular weight is 247 g/mol. The minimum atomic E-state index is -0.0554. The van der Waals surface area contributed by atoms with E-state index in [1.165, 1.54) is 0 Å². The number of carbonyl (C=O) groups excluding carboxylic acids is 1. The van der Waals surface area contributed by atoms with Crippen LogP contribution in [0.5, 0.6) is 0 Å². The number of anilines is 1. The zero-order valence-corrected chi connectivity index (χ0v) is 11.3. The van der Waals surface area contributed by atoms with Gasteiger partial charge in [-0.05, 0) is 26.3 Å². The first-order chi connectivity index (χ1) is 8.51. The van der Waals surface area contributed by atoms with Gasteiger partial charge in [0.25, 0.3) is 5.91 Å². The van der Waals surface area contributed by atoms with Crippen LogP contribution in [0.1, 0.15) is 43.7 Å². The highest BCUT2D eigenvalue weighted by Gasteiger charge is 2.19. The van der Waals surface area contributed by atoms with Crippen molar-refractivity contribution in [3.05, 3.63) is 18.0 Å². The molecule has 0 aliphatic rings. The van der Waals surface area contributed by atoms with Gasteiger partial charge in [0.1, 0.15) is 5.69 Å². The van der Waals surface area contributed by atoms with E-state index in [2.05, 4.69) is 5.92 Å². The van der Waals surface area contributed by atoms with Crippen molar-refractivity contribution in [2.75, 3.05) is 18.8 Å². The number of carbonyl (C=O) groups is 1. The van der Waals surface area contributed by atoms with Crippen LogP contribution in [0.2, 0.25) is 0 Å². The zero-order valence-electron chi connectivity index (χ0n) is 11.3. The van der Waals surface area contributed by atoms with Gasteiger partial charge in [-0.2, -0.15) is 0 Å². The largest absolute Gasteiger partial charge is 0.397 e. The van der Waals surface area contributed by atoms with Gasteiger partial charge in [-0.15, -0.1) is 6.42 Å². The lowest BCUT2D eigenvalue weighted by atomic mass is 10.3. The molecule has 0 saturated carbocycles. The molecule has 0 saturated heterocycles. The first-order valence-corrected chi connectivity index (χ1v) is 6.21. The maximum Gasteiger partial charge on any atom is 0.271 e. The molecule has 1 heterocycles. The van der Waals surface area contributed by atoms with Crippen LogP contribution in [-0.4, -0.2) is 28.5 Å². The van der Waals surface area contributed by atoms with Crippen LogP contribution in [-0.2, 0) is 0 Å². The zero-order chi connectivity index (χ0) is 13.7. The van der Waals surface area contributed by atoms with E-state index in [0.717, 1.165) is 6.42 Å². The van der Waals surface area contributed by atoms with E-state index in [1.54, 1.807) is 17.2 Å². The van der Waals surface area contributed by atoms with Crippen molar-refractivity contribution in [1.29, 1.82) is 0 Å². The van der Waals surface area contributed by atoms with Crippen LogP contribution in [0.3, 0.4) is 0 Å². The van der Waals surface area contributed by atoms with E-state index < -0.39 is 0 Å². The number of nitrogens with zero attached hydrogens (tertiary/aromatic N) is 2. The molecule has 4 heteroatoms. The minimum Gasteiger partial charge on any atom is -0.397 e. The summed E-state index contributed by atoms with van der Waals surface area (Å²) >= 11 is 0. The monoisotopic (exact) mass is 247 g/mol. The van der Waals surface area contributed by atoms with E-state index in [4.69, 9.17) is 12.2 Å². The lowest BCUT2D eigenvalue weighted by Gasteiger charge is -2.21. The third kappa shape index (κ3) is 3.07. The van der Waals surface area contributed by atoms with Crippen LogP contribution >= 0.6 is 0 Å². The van der Waals surface area contributed by atoms with Crippen molar-refractivity contribution >= 4 is 11.6 Å². The van der Waals surface area contributed by atoms with Gasteiger partial charge >= 0.3 is 0 Å². The van der Waals surface area contributed by atoms with Crippen molar-refractivity contribution in [2.45, 2.75) is 33.2 Å². The van der Waals surface area contributed by atoms with Crippen molar-refractivity contribution in [3.8, 4) is 12.3 Å². The summed E-state index contributed by atoms with van der Waals surface area (Å²) in [6.45, 7) is 7.04. The molecule has 0 spiro atoms. The summed E-state index contributed by atoms with van der Waals surface area (Å²) in [5.74, 6) is 2.47. The Morgan fingerprint density at radius 2 is 2.28 bits per heavy atom. The molecule has 0 aromatic carbocycles. The molecule has 18 heavy (non-hydrogen) atoms. The molecule has 1 aromatic rings. The summed E-state index contributed by atoms with van der Waals surface area (Å²) in [5, 5.41) is 0. The van der Waals surface area contributed by atoms with Gasteiger partial charge in [0.2, 0.25) is 0 Å². The summed E-state index contributed by atoms with van der Waals surface area (Å²) in [6, 6.07) is 1.90. The Bertz CT molecular complexity index is 454. The molecule has 1 aromatic heterocycles. The Hall–Kier alpha value is -1.89. The number of rotatable bonds is 5. The molecule has 0 aliphatic carbocycles. The van der Waals surface area contributed by atoms with Gasteiger partial charge in [-0.3, -0.25) is 4.79 Å². The Labute approximate surface area is 109 Å². The van der Waals surface area contributed by atoms with E-state index in [-0.39, 0.29) is 11.9 Å². The summed E-state index contributed by atoms with van der Waals surface area (Å²) in [7, 11) is 0. The molecule has 1 rings (SSSR count). The molecular formula is C14H21N3O. The van der Waals surface area contributed by atoms with Crippen LogP contribution in [0.25, 0.3) is 0 Å². The predicted octanol–water partition coefficient (Wildman–Crippen LogP) is 2.14. The molecule has 98 valence electrons. The molecule has 0 bridgehead atoms. The number of hydrogen-bond donors (Lipinski definition) is 1. The highest BCUT2D eigenvalue weighted by molar-refractivity contribution is 5.94. The number of nitrogens with two attached hydrogens (primary N) is 1. The molecule has 0 aliphatic heterocycles. The second-order valence-electron chi connectivity index (χ2n) is 4.59. The van der Waals surface area contributed by atoms with E-state index in [0.29, 0.717) is 24.5 Å². The van der Waals surface area contributed by atoms with Crippen LogP contribution in [0.4, 0.5) is 5.69 Å². The van der Waals surface area contributed by atoms with Crippen molar-refractivity contribution in [3.63, 3.8) is 0 Å². The second kappa shape index (κ2) is 6.15. The number of nitrogen functional groups attached to an aromatic ring is 1. The average Bonchev–Trinajstić information content (AvgIpc) is 2.70. The van der Waals surface area contributed by atoms with Gasteiger partial charge in [0, 0.05) is 18.8 Å². The van der Waals surface area contributed by atoms with Gasteiger partial charge in [0.05, 0.1) is 12.2 Å². The van der Waals surface area contributed by atoms with Gasteiger partial charge in [-0.25, -0.2) is 0 Å². The number of aromatic nitrogens is 1. The number of amides is 1. The molecule has 2 N–H and O–H groups in total. The predicted molar refractivity (Wildman–Crippen MR) is 74.3 cm³/mol. The fourth-order valence-electron chi connectivity index (χ4n) is 1.89. The van der Waals surface area contributed by atoms with Crippen LogP contribution in [0.15, 0.2) is 12.3 Å². The SMILES string of the molecule is C#CCN(CCC)C(=O)c1cc(N)cn1C(C)C. The van der Waals surface area contributed by atoms with Crippen molar-refractivity contribution in [2.24, 2.45) is 0 Å². The Morgan fingerprint density at radius 3 is 2.78 bits per heavy atom. The lowest BCUT2D eigenvalue weighted by Crippen LogP contribution is -2.33. The van der Waals surface area contributed by atoms with Crippen LogP contribution in [0, 0.1) is 12.3 Å². The topological polar surface area (TPSA) is 51.3 Å². The smallest absolute Gasteiger partial charge is 0.271 e. The molecule has 0 unspecified atom stereocenters. The quantitative estimate of drug-likeness (QED) is 0.810. The number of hydrogen-bond acceptors (Lipinski definition) is 2. The Morgan fingerprint density at radius 1 is 1.61 bits per heavy atom. The van der Waals surface area contributed by atoms with Gasteiger partial charge in [0.15, 0.2) is 0 Å². The fraction of sp³-hybridized carbons (Fsp3) is 0.500. The Balaban J connectivity index is 3.04. The van der Waals surface area contributed by atoms with E-state index >= 15 is 0 Å². The summed E-state index contributed by atoms with van der Waals surface area (Å²) in [4.78, 5) is 14.1. The van der Waals surface area contributed by atoms with Crippen LogP contribution < -0.4 is 5.73 Å². The second-order valence-corrected chi connectivity index (χ2v) is 4.59. The first kappa shape index (κ1) is 14.2. The lowest BCUT2D eigenvalue weighted by molar-refractivity contribution is 0.0764. The third-order valence-electron chi connectivity index (χ3n) is 2.71. The maximum absolute atomic E-state index is 12.4. The van der Waals surface area contributed by atoms with Crippen molar-refractivity contribution in [1.82, 2.24) is 9.47 Å². The summed E-state index contributed by atoms with van der Waals surface area (Å²) in [6.07, 6.45) is 7.97. The molecule has 4 nitrogen and oxygen atoms in total. The first-order valence-electron chi connectivity index (χ1n) is 6.21. The van der Waals surface area contributed by atoms with Gasteiger partial charge in [-0.1, -0.05) is 12.8 Å². The highest BCUT2D eigenvalue weighted by Crippen LogP contribution is 2.18. The molecule has 1 amide bonds. The van der Waals surface area contributed by atoms with E-state index in [9.17, 15) is 4.79 Å². The van der Waals surface area contributed by atoms with E-state index in [1.807, 2.05) is 25.3 Å². The molecule has 0 atom stereocenters. The molecular weight excluding hydrogens is 226 g/mol. The maximum atomic E-state index is 12.4. The fourth-order valence-corrected chi connectivity index (χ4v) is 1.89. The summed E-state index contributed by atoms with van der Waals surface area (Å²) in [5.41, 5.74) is 6.98. The normalized spacial score (nSPS) is 10.4. The minimum absolute atomic E-state index is 0.0554. The molecule has 0 radical (unpaired) electrons. The number of terminal acetylenes is 1. The summed E-state index contributed by atoms with van der Waals surface area (Å²) < 4.78 is 1.89. The third-order valence-corrected chi connectivity index (χ3v) is 2.71. The standard InChI is InChI=1S/C14H21N3O/c1-5-7-16(8-6-2)14(18)13-9-12(15)10-17(13)11(3)4/h1,9-11H,6-8,15H2,2-4H3. The Kier molecular flexibility index (Phi) is 4.85. The van der Waals surface area contributed by atoms with Crippen molar-refractivity contribution < 1.29 is 4.79 Å². The molecule has 0 fully saturated rings. The highest BCUT2D eigenvalue weighted by atomic mass is 16.2. The van der Waals surface area contributed by atoms with Gasteiger partial charge < -0.3 is 15.2 Å².